The van der Waals surface area contributed by atoms with Crippen LogP contribution in [0.2, 0.25) is 0 Å². The summed E-state index contributed by atoms with van der Waals surface area (Å²) in [6.45, 7) is 0. The van der Waals surface area contributed by atoms with E-state index in [2.05, 4.69) is 4.72 Å². The lowest BCUT2D eigenvalue weighted by Gasteiger charge is -2.09. The molecule has 2 rings (SSSR count). The molecule has 0 aliphatic carbocycles. The van der Waals surface area contributed by atoms with Crippen LogP contribution >= 0.6 is 11.6 Å². The molecule has 0 spiro atoms. The van der Waals surface area contributed by atoms with Gasteiger partial charge in [0, 0.05) is 11.6 Å². The molecule has 0 saturated carbocycles. The van der Waals surface area contributed by atoms with Crippen LogP contribution in [-0.2, 0) is 15.9 Å². The van der Waals surface area contributed by atoms with Gasteiger partial charge in [-0.05, 0) is 29.8 Å². The molecule has 0 unspecified atom stereocenters. The predicted octanol–water partition coefficient (Wildman–Crippen LogP) is 3.37. The number of rotatable bonds is 4. The van der Waals surface area contributed by atoms with E-state index in [0.29, 0.717) is 11.6 Å². The summed E-state index contributed by atoms with van der Waals surface area (Å²) in [5.41, 5.74) is 1.23. The third-order valence-corrected chi connectivity index (χ3v) is 4.21. The number of sulfonamides is 1. The van der Waals surface area contributed by atoms with Crippen molar-refractivity contribution < 1.29 is 12.8 Å². The fraction of sp³-hybridized carbons (Fsp3) is 0.0769. The summed E-state index contributed by atoms with van der Waals surface area (Å²) in [4.78, 5) is -0.378. The number of nitrogens with one attached hydrogen (secondary N) is 1. The molecule has 0 aliphatic rings. The Morgan fingerprint density at radius 1 is 1.05 bits per heavy atom. The highest BCUT2D eigenvalue weighted by Gasteiger charge is 2.18. The molecule has 2 aromatic carbocycles. The van der Waals surface area contributed by atoms with Crippen LogP contribution in [0.15, 0.2) is 53.4 Å². The zero-order valence-corrected chi connectivity index (χ0v) is 11.4. The van der Waals surface area contributed by atoms with E-state index in [1.54, 1.807) is 24.3 Å². The van der Waals surface area contributed by atoms with Crippen molar-refractivity contribution in [3.63, 3.8) is 0 Å². The lowest BCUT2D eigenvalue weighted by molar-refractivity contribution is 0.570. The highest BCUT2D eigenvalue weighted by molar-refractivity contribution is 7.92. The van der Waals surface area contributed by atoms with Crippen molar-refractivity contribution in [2.45, 2.75) is 10.8 Å². The fourth-order valence-electron chi connectivity index (χ4n) is 1.53. The van der Waals surface area contributed by atoms with Crippen LogP contribution in [0.25, 0.3) is 0 Å². The van der Waals surface area contributed by atoms with Gasteiger partial charge in [-0.3, -0.25) is 4.72 Å². The van der Waals surface area contributed by atoms with Gasteiger partial charge in [0.1, 0.15) is 10.7 Å². The highest BCUT2D eigenvalue weighted by Crippen LogP contribution is 2.19. The van der Waals surface area contributed by atoms with E-state index in [9.17, 15) is 12.8 Å². The second-order valence-corrected chi connectivity index (χ2v) is 5.78. The SMILES string of the molecule is O=S(=O)(Nc1ccc(CCl)cc1)c1ccccc1F. The van der Waals surface area contributed by atoms with E-state index in [4.69, 9.17) is 11.6 Å². The standard InChI is InChI=1S/C13H11ClFNO2S/c14-9-10-5-7-11(8-6-10)16-19(17,18)13-4-2-1-3-12(13)15/h1-8,16H,9H2. The zero-order chi connectivity index (χ0) is 13.9. The van der Waals surface area contributed by atoms with Crippen molar-refractivity contribution in [1.29, 1.82) is 0 Å². The Hall–Kier alpha value is -1.59. The molecule has 0 aromatic heterocycles. The summed E-state index contributed by atoms with van der Waals surface area (Å²) in [5, 5.41) is 0. The van der Waals surface area contributed by atoms with Gasteiger partial charge in [0.2, 0.25) is 0 Å². The minimum absolute atomic E-state index is 0.348. The summed E-state index contributed by atoms with van der Waals surface area (Å²) in [5.74, 6) is -0.437. The third kappa shape index (κ3) is 3.24. The fourth-order valence-corrected chi connectivity index (χ4v) is 2.85. The number of halogens is 2. The second kappa shape index (κ2) is 5.59. The normalized spacial score (nSPS) is 11.3. The van der Waals surface area contributed by atoms with Crippen molar-refractivity contribution in [2.75, 3.05) is 4.72 Å². The highest BCUT2D eigenvalue weighted by atomic mass is 35.5. The Kier molecular flexibility index (Phi) is 4.07. The lowest BCUT2D eigenvalue weighted by Crippen LogP contribution is -2.14. The number of alkyl halides is 1. The molecule has 0 atom stereocenters. The number of hydrogen-bond acceptors (Lipinski definition) is 2. The second-order valence-electron chi connectivity index (χ2n) is 3.87. The molecule has 0 heterocycles. The summed E-state index contributed by atoms with van der Waals surface area (Å²) in [6.07, 6.45) is 0. The van der Waals surface area contributed by atoms with Crippen molar-refractivity contribution in [1.82, 2.24) is 0 Å². The largest absolute Gasteiger partial charge is 0.280 e. The van der Waals surface area contributed by atoms with E-state index in [0.717, 1.165) is 11.6 Å². The van der Waals surface area contributed by atoms with Gasteiger partial charge in [-0.15, -0.1) is 11.6 Å². The van der Waals surface area contributed by atoms with Crippen LogP contribution in [0.5, 0.6) is 0 Å². The van der Waals surface area contributed by atoms with E-state index in [-0.39, 0.29) is 4.90 Å². The minimum Gasteiger partial charge on any atom is -0.280 e. The molecule has 6 heteroatoms. The monoisotopic (exact) mass is 299 g/mol. The van der Waals surface area contributed by atoms with Crippen molar-refractivity contribution in [3.8, 4) is 0 Å². The zero-order valence-electron chi connectivity index (χ0n) is 9.81. The van der Waals surface area contributed by atoms with Gasteiger partial charge in [-0.2, -0.15) is 0 Å². The Bertz CT molecular complexity index is 671. The molecule has 0 bridgehead atoms. The van der Waals surface area contributed by atoms with Gasteiger partial charge < -0.3 is 0 Å². The van der Waals surface area contributed by atoms with Crippen LogP contribution in [0.3, 0.4) is 0 Å². The van der Waals surface area contributed by atoms with Gasteiger partial charge in [-0.25, -0.2) is 12.8 Å². The Morgan fingerprint density at radius 3 is 2.26 bits per heavy atom. The maximum absolute atomic E-state index is 13.5. The van der Waals surface area contributed by atoms with Gasteiger partial charge in [-0.1, -0.05) is 24.3 Å². The smallest absolute Gasteiger partial charge is 0.264 e. The molecular formula is C13H11ClFNO2S. The maximum atomic E-state index is 13.5. The molecule has 0 saturated heterocycles. The van der Waals surface area contributed by atoms with Gasteiger partial charge in [0.05, 0.1) is 0 Å². The summed E-state index contributed by atoms with van der Waals surface area (Å²) < 4.78 is 39.8. The predicted molar refractivity (Wildman–Crippen MR) is 73.2 cm³/mol. The van der Waals surface area contributed by atoms with Gasteiger partial charge in [0.15, 0.2) is 0 Å². The molecule has 3 nitrogen and oxygen atoms in total. The molecule has 100 valence electrons. The van der Waals surface area contributed by atoms with Crippen LogP contribution < -0.4 is 4.72 Å². The van der Waals surface area contributed by atoms with E-state index in [1.807, 2.05) is 0 Å². The van der Waals surface area contributed by atoms with Crippen molar-refractivity contribution >= 4 is 27.3 Å². The number of hydrogen-bond donors (Lipinski definition) is 1. The van der Waals surface area contributed by atoms with E-state index >= 15 is 0 Å². The first-order valence-electron chi connectivity index (χ1n) is 5.45. The summed E-state index contributed by atoms with van der Waals surface area (Å²) in [6, 6.07) is 11.8. The van der Waals surface area contributed by atoms with Gasteiger partial charge in [0.25, 0.3) is 10.0 Å². The first-order chi connectivity index (χ1) is 9.03. The minimum atomic E-state index is -3.92. The molecule has 0 fully saturated rings. The topological polar surface area (TPSA) is 46.2 Å². The number of anilines is 1. The average Bonchev–Trinajstić information content (AvgIpc) is 2.39. The van der Waals surface area contributed by atoms with Crippen molar-refractivity contribution in [3.05, 3.63) is 59.9 Å². The third-order valence-electron chi connectivity index (χ3n) is 2.49. The first kappa shape index (κ1) is 13.8. The molecule has 1 N–H and O–H groups in total. The van der Waals surface area contributed by atoms with Crippen molar-refractivity contribution in [2.24, 2.45) is 0 Å². The Morgan fingerprint density at radius 2 is 1.68 bits per heavy atom. The molecule has 2 aromatic rings. The van der Waals surface area contributed by atoms with Crippen LogP contribution in [0.4, 0.5) is 10.1 Å². The lowest BCUT2D eigenvalue weighted by atomic mass is 10.2. The molecule has 0 amide bonds. The number of benzene rings is 2. The summed E-state index contributed by atoms with van der Waals surface area (Å²) >= 11 is 5.64. The molecule has 19 heavy (non-hydrogen) atoms. The molecule has 0 aliphatic heterocycles. The first-order valence-corrected chi connectivity index (χ1v) is 7.47. The average molecular weight is 300 g/mol. The molecular weight excluding hydrogens is 289 g/mol. The van der Waals surface area contributed by atoms with Crippen LogP contribution in [0.1, 0.15) is 5.56 Å². The maximum Gasteiger partial charge on any atom is 0.264 e. The van der Waals surface area contributed by atoms with Gasteiger partial charge >= 0.3 is 0 Å². The Balaban J connectivity index is 2.28. The quantitative estimate of drug-likeness (QED) is 0.880. The van der Waals surface area contributed by atoms with Crippen LogP contribution in [-0.4, -0.2) is 8.42 Å². The molecule has 0 radical (unpaired) electrons. The van der Waals surface area contributed by atoms with Crippen LogP contribution in [0, 0.1) is 5.82 Å². The van der Waals surface area contributed by atoms with E-state index in [1.165, 1.54) is 18.2 Å². The van der Waals surface area contributed by atoms with E-state index < -0.39 is 15.8 Å². The summed E-state index contributed by atoms with van der Waals surface area (Å²) in [7, 11) is -3.92. The Labute approximate surface area is 116 Å².